The van der Waals surface area contributed by atoms with Gasteiger partial charge >= 0.3 is 0 Å². The summed E-state index contributed by atoms with van der Waals surface area (Å²) in [5, 5.41) is 3.37. The largest absolute Gasteiger partial charge is 0.368 e. The first-order valence-corrected chi connectivity index (χ1v) is 6.38. The third-order valence-electron chi connectivity index (χ3n) is 3.65. The third-order valence-corrected chi connectivity index (χ3v) is 3.65. The fourth-order valence-electron chi connectivity index (χ4n) is 2.57. The van der Waals surface area contributed by atoms with Crippen LogP contribution < -0.4 is 5.32 Å². The first kappa shape index (κ1) is 14.7. The Morgan fingerprint density at radius 2 is 2.06 bits per heavy atom. The smallest absolute Gasteiger partial charge is 0.251 e. The summed E-state index contributed by atoms with van der Waals surface area (Å²) in [6, 6.07) is 0.395. The molecule has 2 saturated heterocycles. The fourth-order valence-corrected chi connectivity index (χ4v) is 2.57. The van der Waals surface area contributed by atoms with Crippen LogP contribution in [0.2, 0.25) is 0 Å². The molecule has 2 rings (SSSR count). The quantitative estimate of drug-likeness (QED) is 0.813. The second-order valence-electron chi connectivity index (χ2n) is 4.79. The highest BCUT2D eigenvalue weighted by atomic mass is 35.5. The van der Waals surface area contributed by atoms with Gasteiger partial charge in [-0.15, -0.1) is 12.4 Å². The second-order valence-corrected chi connectivity index (χ2v) is 4.79. The molecule has 0 aromatic rings. The molecule has 0 aliphatic carbocycles. The number of nitrogens with one attached hydrogen (secondary N) is 1. The van der Waals surface area contributed by atoms with E-state index in [-0.39, 0.29) is 24.4 Å². The lowest BCUT2D eigenvalue weighted by Crippen LogP contribution is -2.43. The van der Waals surface area contributed by atoms with E-state index in [1.807, 2.05) is 11.9 Å². The highest BCUT2D eigenvalue weighted by Crippen LogP contribution is 2.18. The van der Waals surface area contributed by atoms with Gasteiger partial charge in [0, 0.05) is 19.7 Å². The lowest BCUT2D eigenvalue weighted by atomic mass is 10.1. The summed E-state index contributed by atoms with van der Waals surface area (Å²) < 4.78 is 5.45. The van der Waals surface area contributed by atoms with E-state index in [0.29, 0.717) is 6.04 Å². The number of ether oxygens (including phenoxy) is 1. The van der Waals surface area contributed by atoms with Crippen molar-refractivity contribution in [2.24, 2.45) is 0 Å². The maximum atomic E-state index is 12.1. The van der Waals surface area contributed by atoms with Gasteiger partial charge in [-0.25, -0.2) is 0 Å². The van der Waals surface area contributed by atoms with Crippen molar-refractivity contribution >= 4 is 18.3 Å². The average Bonchev–Trinajstić information content (AvgIpc) is 2.70. The molecule has 1 amide bonds. The first-order chi connectivity index (χ1) is 7.79. The van der Waals surface area contributed by atoms with Crippen LogP contribution in [0.15, 0.2) is 0 Å². The summed E-state index contributed by atoms with van der Waals surface area (Å²) in [7, 11) is 1.93. The fraction of sp³-hybridized carbons (Fsp3) is 0.917. The molecule has 2 aliphatic rings. The zero-order valence-electron chi connectivity index (χ0n) is 10.5. The van der Waals surface area contributed by atoms with Crippen LogP contribution in [0, 0.1) is 0 Å². The van der Waals surface area contributed by atoms with Crippen LogP contribution >= 0.6 is 12.4 Å². The lowest BCUT2D eigenvalue weighted by molar-refractivity contribution is -0.141. The van der Waals surface area contributed by atoms with E-state index in [1.165, 1.54) is 0 Å². The van der Waals surface area contributed by atoms with Crippen molar-refractivity contribution in [2.75, 3.05) is 26.7 Å². The molecule has 4 nitrogen and oxygen atoms in total. The van der Waals surface area contributed by atoms with Gasteiger partial charge in [0.05, 0.1) is 0 Å². The van der Waals surface area contributed by atoms with E-state index < -0.39 is 0 Å². The standard InChI is InChI=1S/C12H22N2O2.ClH/c1-14(10-4-2-7-13-8-6-10)12(15)11-5-3-9-16-11;/h10-11,13H,2-9H2,1H3;1H. The van der Waals surface area contributed by atoms with Crippen LogP contribution in [0.25, 0.3) is 0 Å². The summed E-state index contributed by atoms with van der Waals surface area (Å²) in [6.45, 7) is 2.85. The Hall–Kier alpha value is -0.320. The van der Waals surface area contributed by atoms with Crippen LogP contribution in [0.3, 0.4) is 0 Å². The molecule has 2 heterocycles. The topological polar surface area (TPSA) is 41.6 Å². The highest BCUT2D eigenvalue weighted by molar-refractivity contribution is 5.85. The van der Waals surface area contributed by atoms with Crippen molar-refractivity contribution in [3.63, 3.8) is 0 Å². The SMILES string of the molecule is CN(C(=O)C1CCCO1)C1CCCNCC1.Cl. The molecule has 0 saturated carbocycles. The van der Waals surface area contributed by atoms with Crippen molar-refractivity contribution in [3.8, 4) is 0 Å². The van der Waals surface area contributed by atoms with Crippen LogP contribution in [0.1, 0.15) is 32.1 Å². The molecule has 0 spiro atoms. The maximum absolute atomic E-state index is 12.1. The van der Waals surface area contributed by atoms with Crippen molar-refractivity contribution in [1.29, 1.82) is 0 Å². The molecule has 1 N–H and O–H groups in total. The predicted molar refractivity (Wildman–Crippen MR) is 69.5 cm³/mol. The minimum Gasteiger partial charge on any atom is -0.368 e. The van der Waals surface area contributed by atoms with Crippen LogP contribution in [-0.4, -0.2) is 49.7 Å². The summed E-state index contributed by atoms with van der Waals surface area (Å²) >= 11 is 0. The summed E-state index contributed by atoms with van der Waals surface area (Å²) in [5.74, 6) is 0.185. The van der Waals surface area contributed by atoms with Crippen LogP contribution in [0.5, 0.6) is 0 Å². The van der Waals surface area contributed by atoms with Crippen molar-refractivity contribution in [3.05, 3.63) is 0 Å². The lowest BCUT2D eigenvalue weighted by Gasteiger charge is -2.29. The monoisotopic (exact) mass is 262 g/mol. The number of halogens is 1. The van der Waals surface area contributed by atoms with Gasteiger partial charge in [-0.05, 0) is 45.2 Å². The number of nitrogens with zero attached hydrogens (tertiary/aromatic N) is 1. The molecule has 2 aliphatic heterocycles. The second kappa shape index (κ2) is 7.19. The van der Waals surface area contributed by atoms with Gasteiger partial charge in [0.1, 0.15) is 6.10 Å². The summed E-state index contributed by atoms with van der Waals surface area (Å²) in [6.07, 6.45) is 5.09. The van der Waals surface area contributed by atoms with E-state index in [1.54, 1.807) is 0 Å². The number of likely N-dealkylation sites (N-methyl/N-ethyl adjacent to an activating group) is 1. The molecule has 2 unspecified atom stereocenters. The number of hydrogen-bond donors (Lipinski definition) is 1. The summed E-state index contributed by atoms with van der Waals surface area (Å²) in [4.78, 5) is 14.1. The molecule has 0 bridgehead atoms. The van der Waals surface area contributed by atoms with Crippen LogP contribution in [-0.2, 0) is 9.53 Å². The number of amides is 1. The van der Waals surface area contributed by atoms with Gasteiger partial charge in [-0.3, -0.25) is 4.79 Å². The Kier molecular flexibility index (Phi) is 6.23. The van der Waals surface area contributed by atoms with Gasteiger partial charge < -0.3 is 15.0 Å². The number of carbonyl (C=O) groups is 1. The van der Waals surface area contributed by atoms with E-state index >= 15 is 0 Å². The highest BCUT2D eigenvalue weighted by Gasteiger charge is 2.30. The van der Waals surface area contributed by atoms with Crippen molar-refractivity contribution in [2.45, 2.75) is 44.2 Å². The zero-order valence-corrected chi connectivity index (χ0v) is 11.3. The minimum absolute atomic E-state index is 0. The number of carbonyl (C=O) groups excluding carboxylic acids is 1. The third kappa shape index (κ3) is 3.83. The van der Waals surface area contributed by atoms with Gasteiger partial charge in [0.2, 0.25) is 0 Å². The number of hydrogen-bond acceptors (Lipinski definition) is 3. The van der Waals surface area contributed by atoms with Gasteiger partial charge in [-0.1, -0.05) is 0 Å². The van der Waals surface area contributed by atoms with Gasteiger partial charge in [0.15, 0.2) is 0 Å². The molecule has 100 valence electrons. The molecule has 0 aromatic heterocycles. The van der Waals surface area contributed by atoms with Crippen LogP contribution in [0.4, 0.5) is 0 Å². The normalized spacial score (nSPS) is 29.2. The molecule has 2 fully saturated rings. The van der Waals surface area contributed by atoms with E-state index in [4.69, 9.17) is 4.74 Å². The van der Waals surface area contributed by atoms with Crippen molar-refractivity contribution < 1.29 is 9.53 Å². The van der Waals surface area contributed by atoms with E-state index in [2.05, 4.69) is 5.32 Å². The predicted octanol–water partition coefficient (Wildman–Crippen LogP) is 1.19. The summed E-state index contributed by atoms with van der Waals surface area (Å²) in [5.41, 5.74) is 0. The van der Waals surface area contributed by atoms with Crippen molar-refractivity contribution in [1.82, 2.24) is 10.2 Å². The Morgan fingerprint density at radius 3 is 2.76 bits per heavy atom. The molecule has 17 heavy (non-hydrogen) atoms. The van der Waals surface area contributed by atoms with Gasteiger partial charge in [0.25, 0.3) is 5.91 Å². The zero-order chi connectivity index (χ0) is 11.4. The molecular formula is C12H23ClN2O2. The Morgan fingerprint density at radius 1 is 1.24 bits per heavy atom. The minimum atomic E-state index is -0.166. The average molecular weight is 263 g/mol. The molecule has 5 heteroatoms. The van der Waals surface area contributed by atoms with E-state index in [0.717, 1.165) is 51.8 Å². The molecule has 0 aromatic carbocycles. The number of rotatable bonds is 2. The first-order valence-electron chi connectivity index (χ1n) is 6.38. The molecule has 2 atom stereocenters. The van der Waals surface area contributed by atoms with E-state index in [9.17, 15) is 4.79 Å². The molecular weight excluding hydrogens is 240 g/mol. The maximum Gasteiger partial charge on any atom is 0.251 e. The Labute approximate surface area is 109 Å². The molecule has 0 radical (unpaired) electrons. The Bertz CT molecular complexity index is 237. The Balaban J connectivity index is 0.00000144. The van der Waals surface area contributed by atoms with Gasteiger partial charge in [-0.2, -0.15) is 0 Å².